The lowest BCUT2D eigenvalue weighted by molar-refractivity contribution is -0.128. The second-order valence-corrected chi connectivity index (χ2v) is 5.95. The SMILES string of the molecule is CCC(C)(C)/C(O)=C(\C)C(=O)C1(C)CCC1. The molecule has 1 rings (SSSR count). The quantitative estimate of drug-likeness (QED) is 0.578. The van der Waals surface area contributed by atoms with Crippen LogP contribution < -0.4 is 0 Å². The normalized spacial score (nSPS) is 21.1. The molecule has 1 N–H and O–H groups in total. The molecule has 0 spiro atoms. The summed E-state index contributed by atoms with van der Waals surface area (Å²) in [6, 6.07) is 0. The van der Waals surface area contributed by atoms with Gasteiger partial charge in [0.2, 0.25) is 0 Å². The lowest BCUT2D eigenvalue weighted by atomic mass is 9.65. The second kappa shape index (κ2) is 4.23. The molecule has 1 fully saturated rings. The maximum absolute atomic E-state index is 12.2. The molecule has 0 aromatic carbocycles. The van der Waals surface area contributed by atoms with Gasteiger partial charge < -0.3 is 5.11 Å². The van der Waals surface area contributed by atoms with Gasteiger partial charge in [-0.2, -0.15) is 0 Å². The van der Waals surface area contributed by atoms with Crippen LogP contribution in [0.5, 0.6) is 0 Å². The van der Waals surface area contributed by atoms with Gasteiger partial charge in [-0.05, 0) is 26.2 Å². The third-order valence-electron chi connectivity index (χ3n) is 4.23. The molecule has 0 aromatic rings. The van der Waals surface area contributed by atoms with E-state index in [9.17, 15) is 9.90 Å². The summed E-state index contributed by atoms with van der Waals surface area (Å²) >= 11 is 0. The molecule has 1 aliphatic carbocycles. The molecule has 0 radical (unpaired) electrons. The fraction of sp³-hybridized carbons (Fsp3) is 0.786. The maximum Gasteiger partial charge on any atom is 0.167 e. The number of carbonyl (C=O) groups excluding carboxylic acids is 1. The van der Waals surface area contributed by atoms with Gasteiger partial charge in [-0.15, -0.1) is 0 Å². The van der Waals surface area contributed by atoms with Crippen molar-refractivity contribution in [2.24, 2.45) is 10.8 Å². The Kier molecular flexibility index (Phi) is 3.51. The minimum atomic E-state index is -0.292. The van der Waals surface area contributed by atoms with Gasteiger partial charge in [-0.1, -0.05) is 34.1 Å². The van der Waals surface area contributed by atoms with Crippen LogP contribution in [0.25, 0.3) is 0 Å². The second-order valence-electron chi connectivity index (χ2n) is 5.95. The summed E-state index contributed by atoms with van der Waals surface area (Å²) in [7, 11) is 0. The maximum atomic E-state index is 12.2. The summed E-state index contributed by atoms with van der Waals surface area (Å²) in [5, 5.41) is 10.2. The predicted octanol–water partition coefficient (Wildman–Crippen LogP) is 4.01. The molecule has 0 atom stereocenters. The number of allylic oxidation sites excluding steroid dienone is 2. The van der Waals surface area contributed by atoms with E-state index in [0.29, 0.717) is 5.57 Å². The summed E-state index contributed by atoms with van der Waals surface area (Å²) in [6.07, 6.45) is 3.89. The standard InChI is InChI=1S/C14H24O2/c1-6-13(3,4)11(15)10(2)12(16)14(5)8-7-9-14/h15H,6-9H2,1-5H3/b11-10-. The van der Waals surface area contributed by atoms with E-state index in [1.54, 1.807) is 6.92 Å². The van der Waals surface area contributed by atoms with Gasteiger partial charge in [0.25, 0.3) is 0 Å². The fourth-order valence-electron chi connectivity index (χ4n) is 2.17. The summed E-state index contributed by atoms with van der Waals surface area (Å²) in [4.78, 5) is 12.2. The first-order chi connectivity index (χ1) is 7.24. The molecule has 1 aliphatic rings. The zero-order valence-corrected chi connectivity index (χ0v) is 11.2. The van der Waals surface area contributed by atoms with Crippen LogP contribution in [0.3, 0.4) is 0 Å². The smallest absolute Gasteiger partial charge is 0.167 e. The number of carbonyl (C=O) groups is 1. The van der Waals surface area contributed by atoms with E-state index in [0.717, 1.165) is 25.7 Å². The highest BCUT2D eigenvalue weighted by molar-refractivity contribution is 6.00. The molecule has 2 nitrogen and oxygen atoms in total. The van der Waals surface area contributed by atoms with Crippen LogP contribution in [0.15, 0.2) is 11.3 Å². The van der Waals surface area contributed by atoms with Crippen molar-refractivity contribution < 1.29 is 9.90 Å². The molecule has 0 aromatic heterocycles. The summed E-state index contributed by atoms with van der Waals surface area (Å²) in [5.74, 6) is 0.408. The van der Waals surface area contributed by atoms with E-state index >= 15 is 0 Å². The summed E-state index contributed by atoms with van der Waals surface area (Å²) < 4.78 is 0. The molecular formula is C14H24O2. The van der Waals surface area contributed by atoms with Crippen molar-refractivity contribution in [3.8, 4) is 0 Å². The van der Waals surface area contributed by atoms with Gasteiger partial charge in [-0.3, -0.25) is 4.79 Å². The largest absolute Gasteiger partial charge is 0.511 e. The summed E-state index contributed by atoms with van der Waals surface area (Å²) in [5.41, 5.74) is 0.0657. The fourth-order valence-corrected chi connectivity index (χ4v) is 2.17. The van der Waals surface area contributed by atoms with Gasteiger partial charge in [0.1, 0.15) is 5.76 Å². The Balaban J connectivity index is 2.95. The molecular weight excluding hydrogens is 200 g/mol. The molecule has 16 heavy (non-hydrogen) atoms. The van der Waals surface area contributed by atoms with Crippen molar-refractivity contribution in [2.75, 3.05) is 0 Å². The number of rotatable bonds is 4. The van der Waals surface area contributed by atoms with Crippen molar-refractivity contribution in [3.05, 3.63) is 11.3 Å². The molecule has 1 saturated carbocycles. The highest BCUT2D eigenvalue weighted by Crippen LogP contribution is 2.44. The molecule has 0 aliphatic heterocycles. The molecule has 0 amide bonds. The zero-order chi connectivity index (χ0) is 12.6. The summed E-state index contributed by atoms with van der Waals surface area (Å²) in [6.45, 7) is 9.75. The Hall–Kier alpha value is -0.790. The minimum absolute atomic E-state index is 0.137. The molecule has 92 valence electrons. The van der Waals surface area contributed by atoms with Gasteiger partial charge in [0.05, 0.1) is 0 Å². The van der Waals surface area contributed by atoms with Gasteiger partial charge in [-0.25, -0.2) is 0 Å². The number of aliphatic hydroxyl groups excluding tert-OH is 1. The Morgan fingerprint density at radius 2 is 1.88 bits per heavy atom. The Bertz CT molecular complexity index is 320. The van der Waals surface area contributed by atoms with Gasteiger partial charge in [0, 0.05) is 16.4 Å². The van der Waals surface area contributed by atoms with E-state index in [-0.39, 0.29) is 22.4 Å². The van der Waals surface area contributed by atoms with Crippen LogP contribution in [-0.4, -0.2) is 10.9 Å². The Morgan fingerprint density at radius 3 is 2.19 bits per heavy atom. The molecule has 0 unspecified atom stereocenters. The average molecular weight is 224 g/mol. The zero-order valence-electron chi connectivity index (χ0n) is 11.2. The third-order valence-corrected chi connectivity index (χ3v) is 4.23. The number of Topliss-reactive ketones (excluding diaryl/α,β-unsaturated/α-hetero) is 1. The number of ketones is 1. The van der Waals surface area contributed by atoms with Gasteiger partial charge >= 0.3 is 0 Å². The lowest BCUT2D eigenvalue weighted by Crippen LogP contribution is -2.36. The molecule has 0 bridgehead atoms. The van der Waals surface area contributed by atoms with E-state index in [2.05, 4.69) is 0 Å². The highest BCUT2D eigenvalue weighted by atomic mass is 16.3. The third kappa shape index (κ3) is 2.16. The number of hydrogen-bond acceptors (Lipinski definition) is 2. The first-order valence-corrected chi connectivity index (χ1v) is 6.20. The van der Waals surface area contributed by atoms with Crippen LogP contribution in [0.4, 0.5) is 0 Å². The van der Waals surface area contributed by atoms with E-state index in [1.165, 1.54) is 0 Å². The van der Waals surface area contributed by atoms with E-state index in [4.69, 9.17) is 0 Å². The van der Waals surface area contributed by atoms with E-state index < -0.39 is 0 Å². The van der Waals surface area contributed by atoms with Crippen LogP contribution in [0.2, 0.25) is 0 Å². The van der Waals surface area contributed by atoms with E-state index in [1.807, 2.05) is 27.7 Å². The van der Waals surface area contributed by atoms with Crippen molar-refractivity contribution in [2.45, 2.75) is 60.3 Å². The van der Waals surface area contributed by atoms with Crippen molar-refractivity contribution in [1.29, 1.82) is 0 Å². The van der Waals surface area contributed by atoms with Crippen LogP contribution in [-0.2, 0) is 4.79 Å². The number of aliphatic hydroxyl groups is 1. The highest BCUT2D eigenvalue weighted by Gasteiger charge is 2.41. The van der Waals surface area contributed by atoms with Crippen molar-refractivity contribution in [3.63, 3.8) is 0 Å². The van der Waals surface area contributed by atoms with Crippen molar-refractivity contribution in [1.82, 2.24) is 0 Å². The minimum Gasteiger partial charge on any atom is -0.511 e. The molecule has 2 heteroatoms. The van der Waals surface area contributed by atoms with Gasteiger partial charge in [0.15, 0.2) is 5.78 Å². The van der Waals surface area contributed by atoms with Crippen LogP contribution >= 0.6 is 0 Å². The number of hydrogen-bond donors (Lipinski definition) is 1. The Labute approximate surface area is 98.7 Å². The Morgan fingerprint density at radius 1 is 1.38 bits per heavy atom. The lowest BCUT2D eigenvalue weighted by Gasteiger charge is -2.37. The van der Waals surface area contributed by atoms with Crippen molar-refractivity contribution >= 4 is 5.78 Å². The topological polar surface area (TPSA) is 37.3 Å². The first kappa shape index (κ1) is 13.3. The predicted molar refractivity (Wildman–Crippen MR) is 66.4 cm³/mol. The first-order valence-electron chi connectivity index (χ1n) is 6.20. The average Bonchev–Trinajstić information content (AvgIpc) is 2.22. The molecule has 0 saturated heterocycles. The van der Waals surface area contributed by atoms with Crippen LogP contribution in [0.1, 0.15) is 60.3 Å². The van der Waals surface area contributed by atoms with Crippen LogP contribution in [0, 0.1) is 10.8 Å². The monoisotopic (exact) mass is 224 g/mol. The molecule has 0 heterocycles.